The van der Waals surface area contributed by atoms with Gasteiger partial charge in [0.05, 0.1) is 25.3 Å². The van der Waals surface area contributed by atoms with E-state index in [0.717, 1.165) is 34.1 Å². The molecule has 0 radical (unpaired) electrons. The highest BCUT2D eigenvalue weighted by atomic mass is 35.5. The molecule has 1 saturated heterocycles. The molecule has 0 aliphatic carbocycles. The second kappa shape index (κ2) is 7.80. The van der Waals surface area contributed by atoms with Crippen molar-refractivity contribution in [3.63, 3.8) is 0 Å². The first-order chi connectivity index (χ1) is 15.4. The fourth-order valence-electron chi connectivity index (χ4n) is 5.64. The topological polar surface area (TPSA) is 57.9 Å². The lowest BCUT2D eigenvalue weighted by Crippen LogP contribution is -2.67. The number of hydrogen-bond acceptors (Lipinski definition) is 4. The molecule has 1 spiro atoms. The summed E-state index contributed by atoms with van der Waals surface area (Å²) in [7, 11) is 3.72. The van der Waals surface area contributed by atoms with Crippen molar-refractivity contribution in [1.29, 1.82) is 0 Å². The quantitative estimate of drug-likeness (QED) is 0.657. The van der Waals surface area contributed by atoms with E-state index in [1.54, 1.807) is 14.0 Å². The van der Waals surface area contributed by atoms with Crippen molar-refractivity contribution in [2.24, 2.45) is 7.05 Å². The Hall–Kier alpha value is -2.54. The number of carbonyl (C=O) groups is 1. The maximum Gasteiger partial charge on any atom is 0.219 e. The van der Waals surface area contributed by atoms with Crippen LogP contribution in [0.5, 0.6) is 5.75 Å². The van der Waals surface area contributed by atoms with Crippen LogP contribution in [0, 0.1) is 0 Å². The predicted octanol–water partition coefficient (Wildman–Crippen LogP) is 3.49. The standard InChI is InChI=1S/C25H28ClN3O3/c1-16(31)29-14-25(15-29)13-28(11-17-6-4-5-7-20(17)26)22(12-30)24-23(25)19-9-8-18(32-3)10-21(19)27(24)2/h4-10,22,30H,11-15H2,1-3H3/t22-/m1/s1. The van der Waals surface area contributed by atoms with Crippen LogP contribution in [0.1, 0.15) is 29.8 Å². The Morgan fingerprint density at radius 3 is 2.62 bits per heavy atom. The molecule has 168 valence electrons. The summed E-state index contributed by atoms with van der Waals surface area (Å²) < 4.78 is 7.66. The number of hydrogen-bond donors (Lipinski definition) is 1. The molecule has 3 aromatic rings. The molecule has 7 heteroatoms. The number of aryl methyl sites for hydroxylation is 1. The fourth-order valence-corrected chi connectivity index (χ4v) is 5.84. The highest BCUT2D eigenvalue weighted by Gasteiger charge is 2.54. The van der Waals surface area contributed by atoms with Gasteiger partial charge in [-0.15, -0.1) is 0 Å². The van der Waals surface area contributed by atoms with E-state index in [-0.39, 0.29) is 24.0 Å². The van der Waals surface area contributed by atoms with Gasteiger partial charge in [0, 0.05) is 67.7 Å². The number of halogens is 1. The maximum atomic E-state index is 12.1. The number of fused-ring (bicyclic) bond motifs is 4. The zero-order valence-corrected chi connectivity index (χ0v) is 19.4. The number of aliphatic hydroxyl groups excluding tert-OH is 1. The van der Waals surface area contributed by atoms with Crippen LogP contribution in [0.25, 0.3) is 10.9 Å². The fraction of sp³-hybridized carbons (Fsp3) is 0.400. The van der Waals surface area contributed by atoms with Gasteiger partial charge < -0.3 is 19.3 Å². The molecule has 1 N–H and O–H groups in total. The van der Waals surface area contributed by atoms with Gasteiger partial charge in [-0.1, -0.05) is 29.8 Å². The molecule has 0 unspecified atom stereocenters. The number of ether oxygens (including phenoxy) is 1. The van der Waals surface area contributed by atoms with E-state index in [9.17, 15) is 9.90 Å². The smallest absolute Gasteiger partial charge is 0.219 e. The van der Waals surface area contributed by atoms with Crippen LogP contribution in [0.4, 0.5) is 0 Å². The summed E-state index contributed by atoms with van der Waals surface area (Å²) >= 11 is 6.49. The molecule has 6 nitrogen and oxygen atoms in total. The van der Waals surface area contributed by atoms with Crippen molar-refractivity contribution in [3.8, 4) is 5.75 Å². The summed E-state index contributed by atoms with van der Waals surface area (Å²) in [6.45, 7) is 4.38. The van der Waals surface area contributed by atoms with Crippen LogP contribution in [-0.2, 0) is 23.8 Å². The van der Waals surface area contributed by atoms with Crippen LogP contribution in [-0.4, -0.2) is 58.7 Å². The Labute approximate surface area is 192 Å². The van der Waals surface area contributed by atoms with E-state index in [1.165, 1.54) is 10.9 Å². The molecular weight excluding hydrogens is 426 g/mol. The van der Waals surface area contributed by atoms with Gasteiger partial charge in [0.2, 0.25) is 5.91 Å². The normalized spacial score (nSPS) is 19.8. The third-order valence-electron chi connectivity index (χ3n) is 7.18. The predicted molar refractivity (Wildman–Crippen MR) is 125 cm³/mol. The Kier molecular flexibility index (Phi) is 5.19. The molecule has 5 rings (SSSR count). The Morgan fingerprint density at radius 2 is 1.97 bits per heavy atom. The van der Waals surface area contributed by atoms with Crippen LogP contribution in [0.2, 0.25) is 5.02 Å². The zero-order chi connectivity index (χ0) is 22.6. The summed E-state index contributed by atoms with van der Waals surface area (Å²) in [6.07, 6.45) is 0. The van der Waals surface area contributed by atoms with Gasteiger partial charge in [0.15, 0.2) is 0 Å². The molecule has 1 atom stereocenters. The first kappa shape index (κ1) is 21.3. The van der Waals surface area contributed by atoms with Gasteiger partial charge in [-0.25, -0.2) is 0 Å². The Bertz CT molecular complexity index is 1200. The molecule has 0 bridgehead atoms. The van der Waals surface area contributed by atoms with E-state index >= 15 is 0 Å². The number of carbonyl (C=O) groups excluding carboxylic acids is 1. The molecule has 2 aromatic carbocycles. The van der Waals surface area contributed by atoms with E-state index in [0.29, 0.717) is 19.6 Å². The minimum absolute atomic E-state index is 0.00521. The summed E-state index contributed by atoms with van der Waals surface area (Å²) in [5, 5.41) is 12.4. The average molecular weight is 454 g/mol. The lowest BCUT2D eigenvalue weighted by molar-refractivity contribution is -0.138. The SMILES string of the molecule is COc1ccc2c3c(n(C)c2c1)[C@@H](CO)N(Cc1ccccc1Cl)CC31CN(C(C)=O)C1. The van der Waals surface area contributed by atoms with Gasteiger partial charge in [-0.3, -0.25) is 9.69 Å². The van der Waals surface area contributed by atoms with Crippen molar-refractivity contribution < 1.29 is 14.6 Å². The summed E-state index contributed by atoms with van der Waals surface area (Å²) in [5.41, 5.74) is 4.30. The third kappa shape index (κ3) is 3.12. The summed E-state index contributed by atoms with van der Waals surface area (Å²) in [5.74, 6) is 0.901. The lowest BCUT2D eigenvalue weighted by Gasteiger charge is -2.56. The van der Waals surface area contributed by atoms with E-state index < -0.39 is 0 Å². The minimum atomic E-state index is -0.179. The number of aromatic nitrogens is 1. The van der Waals surface area contributed by atoms with E-state index in [4.69, 9.17) is 16.3 Å². The minimum Gasteiger partial charge on any atom is -0.497 e. The number of likely N-dealkylation sites (tertiary alicyclic amines) is 1. The number of methoxy groups -OCH3 is 1. The van der Waals surface area contributed by atoms with Gasteiger partial charge >= 0.3 is 0 Å². The number of benzene rings is 2. The first-order valence-corrected chi connectivity index (χ1v) is 11.3. The maximum absolute atomic E-state index is 12.1. The Balaban J connectivity index is 1.67. The molecule has 2 aliphatic rings. The second-order valence-electron chi connectivity index (χ2n) is 9.05. The van der Waals surface area contributed by atoms with Gasteiger partial charge in [-0.2, -0.15) is 0 Å². The molecule has 2 aliphatic heterocycles. The molecular formula is C25H28ClN3O3. The Morgan fingerprint density at radius 1 is 1.22 bits per heavy atom. The van der Waals surface area contributed by atoms with Gasteiger partial charge in [0.1, 0.15) is 5.75 Å². The van der Waals surface area contributed by atoms with Crippen molar-refractivity contribution in [2.75, 3.05) is 33.4 Å². The van der Waals surface area contributed by atoms with E-state index in [1.807, 2.05) is 35.2 Å². The molecule has 1 fully saturated rings. The molecule has 3 heterocycles. The number of nitrogens with zero attached hydrogens (tertiary/aromatic N) is 3. The first-order valence-electron chi connectivity index (χ1n) is 10.9. The van der Waals surface area contributed by atoms with Crippen molar-refractivity contribution in [1.82, 2.24) is 14.4 Å². The highest BCUT2D eigenvalue weighted by molar-refractivity contribution is 6.31. The summed E-state index contributed by atoms with van der Waals surface area (Å²) in [6, 6.07) is 13.8. The zero-order valence-electron chi connectivity index (χ0n) is 18.6. The molecule has 0 saturated carbocycles. The molecule has 32 heavy (non-hydrogen) atoms. The van der Waals surface area contributed by atoms with Crippen LogP contribution >= 0.6 is 11.6 Å². The third-order valence-corrected chi connectivity index (χ3v) is 7.55. The number of amides is 1. The number of rotatable bonds is 4. The average Bonchev–Trinajstić information content (AvgIpc) is 3.05. The largest absolute Gasteiger partial charge is 0.497 e. The second-order valence-corrected chi connectivity index (χ2v) is 9.46. The van der Waals surface area contributed by atoms with Crippen LogP contribution in [0.15, 0.2) is 42.5 Å². The molecule has 1 amide bonds. The van der Waals surface area contributed by atoms with Crippen molar-refractivity contribution >= 4 is 28.4 Å². The van der Waals surface area contributed by atoms with Crippen LogP contribution < -0.4 is 4.74 Å². The number of aliphatic hydroxyl groups is 1. The monoisotopic (exact) mass is 453 g/mol. The highest BCUT2D eigenvalue weighted by Crippen LogP contribution is 2.50. The van der Waals surface area contributed by atoms with Crippen LogP contribution in [0.3, 0.4) is 0 Å². The van der Waals surface area contributed by atoms with E-state index in [2.05, 4.69) is 28.6 Å². The van der Waals surface area contributed by atoms with Crippen molar-refractivity contribution in [2.45, 2.75) is 24.9 Å². The summed E-state index contributed by atoms with van der Waals surface area (Å²) in [4.78, 5) is 16.3. The van der Waals surface area contributed by atoms with Gasteiger partial charge in [0.25, 0.3) is 0 Å². The lowest BCUT2D eigenvalue weighted by atomic mass is 9.68. The van der Waals surface area contributed by atoms with Gasteiger partial charge in [-0.05, 0) is 29.3 Å². The molecule has 1 aromatic heterocycles. The van der Waals surface area contributed by atoms with Crippen molar-refractivity contribution in [3.05, 3.63) is 64.3 Å².